The van der Waals surface area contributed by atoms with Crippen molar-refractivity contribution in [2.24, 2.45) is 0 Å². The van der Waals surface area contributed by atoms with E-state index in [2.05, 4.69) is 0 Å². The zero-order valence-corrected chi connectivity index (χ0v) is 5.69. The Bertz CT molecular complexity index is 82.1. The third-order valence-electron chi connectivity index (χ3n) is 0.458. The van der Waals surface area contributed by atoms with Crippen LogP contribution in [-0.4, -0.2) is 45.7 Å². The third kappa shape index (κ3) is 10.4. The average Bonchev–Trinajstić information content (AvgIpc) is 1.88. The maximum Gasteiger partial charge on any atom is 0.334 e. The van der Waals surface area contributed by atoms with Crippen LogP contribution in [0.15, 0.2) is 0 Å². The minimum absolute atomic E-state index is 0.250. The van der Waals surface area contributed by atoms with Crippen molar-refractivity contribution >= 4 is 5.97 Å². The Morgan fingerprint density at radius 1 is 1.50 bits per heavy atom. The molecule has 0 fully saturated rings. The summed E-state index contributed by atoms with van der Waals surface area (Å²) < 4.78 is 0. The van der Waals surface area contributed by atoms with Crippen LogP contribution in [0.4, 0.5) is 0 Å². The van der Waals surface area contributed by atoms with E-state index < -0.39 is 18.7 Å². The van der Waals surface area contributed by atoms with Gasteiger partial charge in [-0.15, -0.1) is 0 Å². The number of aliphatic hydroxyl groups is 3. The molecule has 1 atom stereocenters. The lowest BCUT2D eigenvalue weighted by atomic mass is 10.4. The lowest BCUT2D eigenvalue weighted by Crippen LogP contribution is -2.22. The first-order valence-electron chi connectivity index (χ1n) is 2.72. The number of rotatable bonds is 2. The molecule has 62 valence electrons. The Balaban J connectivity index is 0. The summed E-state index contributed by atoms with van der Waals surface area (Å²) in [6.45, 7) is 1.20. The van der Waals surface area contributed by atoms with E-state index in [0.29, 0.717) is 0 Å². The molecule has 0 aliphatic rings. The van der Waals surface area contributed by atoms with Gasteiger partial charge in [-0.1, -0.05) is 0 Å². The molecule has 0 aliphatic carbocycles. The van der Waals surface area contributed by atoms with E-state index in [1.807, 2.05) is 0 Å². The number of aliphatic carboxylic acids is 1. The Labute approximate surface area is 58.5 Å². The second kappa shape index (κ2) is 8.35. The second-order valence-electron chi connectivity index (χ2n) is 1.35. The molecule has 4 N–H and O–H groups in total. The Hall–Kier alpha value is -0.650. The van der Waals surface area contributed by atoms with Gasteiger partial charge in [0.05, 0.1) is 6.61 Å². The van der Waals surface area contributed by atoms with E-state index in [0.717, 1.165) is 0 Å². The van der Waals surface area contributed by atoms with Gasteiger partial charge in [-0.05, 0) is 6.92 Å². The topological polar surface area (TPSA) is 98.0 Å². The highest BCUT2D eigenvalue weighted by Crippen LogP contribution is 1.75. The van der Waals surface area contributed by atoms with E-state index in [9.17, 15) is 4.79 Å². The SMILES string of the molecule is CCO.O=C(O)C(O)CO. The van der Waals surface area contributed by atoms with Gasteiger partial charge in [0.2, 0.25) is 0 Å². The van der Waals surface area contributed by atoms with Gasteiger partial charge >= 0.3 is 5.97 Å². The van der Waals surface area contributed by atoms with Gasteiger partial charge in [0, 0.05) is 6.61 Å². The first kappa shape index (κ1) is 12.1. The maximum absolute atomic E-state index is 9.52. The molecule has 0 spiro atoms. The molecule has 0 aromatic rings. The van der Waals surface area contributed by atoms with Crippen molar-refractivity contribution in [2.45, 2.75) is 13.0 Å². The highest BCUT2D eigenvalue weighted by Gasteiger charge is 2.08. The standard InChI is InChI=1S/C3H6O4.C2H6O/c4-1-2(5)3(6)7;1-2-3/h2,4-5H,1H2,(H,6,7);3H,2H2,1H3. The van der Waals surface area contributed by atoms with Crippen molar-refractivity contribution < 1.29 is 25.2 Å². The number of carboxylic acid groups (broad SMARTS) is 1. The summed E-state index contributed by atoms with van der Waals surface area (Å²) in [5.74, 6) is -1.40. The summed E-state index contributed by atoms with van der Waals surface area (Å²) in [7, 11) is 0. The van der Waals surface area contributed by atoms with Gasteiger partial charge < -0.3 is 20.4 Å². The smallest absolute Gasteiger partial charge is 0.334 e. The van der Waals surface area contributed by atoms with Crippen LogP contribution in [0.3, 0.4) is 0 Å². The molecule has 0 aliphatic heterocycles. The summed E-state index contributed by atoms with van der Waals surface area (Å²) >= 11 is 0. The highest BCUT2D eigenvalue weighted by molar-refractivity contribution is 5.71. The molecule has 0 bridgehead atoms. The summed E-state index contributed by atoms with van der Waals surface area (Å²) in [6, 6.07) is 0. The number of carboxylic acids is 1. The van der Waals surface area contributed by atoms with Crippen LogP contribution in [0, 0.1) is 0 Å². The van der Waals surface area contributed by atoms with E-state index in [-0.39, 0.29) is 6.61 Å². The van der Waals surface area contributed by atoms with Crippen molar-refractivity contribution in [1.82, 2.24) is 0 Å². The van der Waals surface area contributed by atoms with Crippen LogP contribution >= 0.6 is 0 Å². The highest BCUT2D eigenvalue weighted by atomic mass is 16.4. The second-order valence-corrected chi connectivity index (χ2v) is 1.35. The molecular weight excluding hydrogens is 140 g/mol. The number of hydrogen-bond acceptors (Lipinski definition) is 4. The lowest BCUT2D eigenvalue weighted by molar-refractivity contribution is -0.148. The van der Waals surface area contributed by atoms with E-state index in [1.54, 1.807) is 6.92 Å². The minimum atomic E-state index is -1.63. The Morgan fingerprint density at radius 2 is 1.80 bits per heavy atom. The molecule has 10 heavy (non-hydrogen) atoms. The van der Waals surface area contributed by atoms with Gasteiger partial charge in [-0.25, -0.2) is 4.79 Å². The first-order valence-corrected chi connectivity index (χ1v) is 2.72. The summed E-state index contributed by atoms with van der Waals surface area (Å²) in [5, 5.41) is 31.3. The molecule has 0 saturated carbocycles. The van der Waals surface area contributed by atoms with Gasteiger partial charge in [0.25, 0.3) is 0 Å². The molecule has 5 heteroatoms. The molecule has 0 radical (unpaired) electrons. The summed E-state index contributed by atoms with van der Waals surface area (Å²) in [4.78, 5) is 9.52. The minimum Gasteiger partial charge on any atom is -0.479 e. The quantitative estimate of drug-likeness (QED) is 0.383. The van der Waals surface area contributed by atoms with Gasteiger partial charge in [-0.3, -0.25) is 0 Å². The normalized spacial score (nSPS) is 11.2. The largest absolute Gasteiger partial charge is 0.479 e. The van der Waals surface area contributed by atoms with Crippen LogP contribution in [0.5, 0.6) is 0 Å². The van der Waals surface area contributed by atoms with Crippen LogP contribution in [0.2, 0.25) is 0 Å². The van der Waals surface area contributed by atoms with Crippen LogP contribution in [0.1, 0.15) is 6.92 Å². The van der Waals surface area contributed by atoms with Crippen LogP contribution in [0.25, 0.3) is 0 Å². The monoisotopic (exact) mass is 152 g/mol. The predicted molar refractivity (Wildman–Crippen MR) is 33.5 cm³/mol. The fourth-order valence-electron chi connectivity index (χ4n) is 0.0781. The molecule has 0 aromatic carbocycles. The maximum atomic E-state index is 9.52. The Morgan fingerprint density at radius 3 is 1.80 bits per heavy atom. The average molecular weight is 152 g/mol. The summed E-state index contributed by atoms with van der Waals surface area (Å²) in [5.41, 5.74) is 0. The molecule has 0 aromatic heterocycles. The van der Waals surface area contributed by atoms with Crippen molar-refractivity contribution in [1.29, 1.82) is 0 Å². The van der Waals surface area contributed by atoms with Crippen molar-refractivity contribution in [3.8, 4) is 0 Å². The molecular formula is C5H12O5. The molecule has 0 amide bonds. The van der Waals surface area contributed by atoms with Gasteiger partial charge in [0.15, 0.2) is 6.10 Å². The molecule has 0 saturated heterocycles. The summed E-state index contributed by atoms with van der Waals surface area (Å²) in [6.07, 6.45) is -1.63. The molecule has 1 unspecified atom stereocenters. The number of aliphatic hydroxyl groups excluding tert-OH is 3. The molecule has 0 heterocycles. The lowest BCUT2D eigenvalue weighted by Gasteiger charge is -1.95. The van der Waals surface area contributed by atoms with E-state index in [1.165, 1.54) is 0 Å². The van der Waals surface area contributed by atoms with Gasteiger partial charge in [0.1, 0.15) is 0 Å². The van der Waals surface area contributed by atoms with Crippen molar-refractivity contribution in [3.05, 3.63) is 0 Å². The van der Waals surface area contributed by atoms with Crippen LogP contribution in [-0.2, 0) is 4.79 Å². The number of carbonyl (C=O) groups is 1. The van der Waals surface area contributed by atoms with Crippen molar-refractivity contribution in [2.75, 3.05) is 13.2 Å². The number of hydrogen-bond donors (Lipinski definition) is 4. The van der Waals surface area contributed by atoms with Gasteiger partial charge in [-0.2, -0.15) is 0 Å². The molecule has 0 rings (SSSR count). The van der Waals surface area contributed by atoms with E-state index in [4.69, 9.17) is 20.4 Å². The fourth-order valence-corrected chi connectivity index (χ4v) is 0.0781. The third-order valence-corrected chi connectivity index (χ3v) is 0.458. The predicted octanol–water partition coefficient (Wildman–Crippen LogP) is -1.58. The zero-order chi connectivity index (χ0) is 8.57. The molecule has 5 nitrogen and oxygen atoms in total. The Kier molecular flexibility index (Phi) is 10.1. The van der Waals surface area contributed by atoms with E-state index >= 15 is 0 Å². The van der Waals surface area contributed by atoms with Crippen molar-refractivity contribution in [3.63, 3.8) is 0 Å². The zero-order valence-electron chi connectivity index (χ0n) is 5.69. The fraction of sp³-hybridized carbons (Fsp3) is 0.800. The first-order chi connectivity index (χ1) is 4.59. The van der Waals surface area contributed by atoms with Crippen LogP contribution < -0.4 is 0 Å².